The van der Waals surface area contributed by atoms with Crippen molar-refractivity contribution in [2.45, 2.75) is 45.4 Å². The van der Waals surface area contributed by atoms with E-state index in [0.29, 0.717) is 12.0 Å². The van der Waals surface area contributed by atoms with Crippen LogP contribution in [0.25, 0.3) is 0 Å². The zero-order valence-corrected chi connectivity index (χ0v) is 10.3. The number of Topliss-reactive ketones (excluding diaryl/α,β-unsaturated/α-hetero) is 1. The third kappa shape index (κ3) is 3.15. The molecule has 0 saturated heterocycles. The first kappa shape index (κ1) is 12.3. The van der Waals surface area contributed by atoms with Crippen LogP contribution in [-0.4, -0.2) is 5.78 Å². The van der Waals surface area contributed by atoms with Crippen molar-refractivity contribution in [3.63, 3.8) is 0 Å². The van der Waals surface area contributed by atoms with Crippen molar-refractivity contribution in [1.82, 2.24) is 0 Å². The van der Waals surface area contributed by atoms with Gasteiger partial charge in [0.05, 0.1) is 0 Å². The van der Waals surface area contributed by atoms with Crippen molar-refractivity contribution in [3.05, 3.63) is 35.1 Å². The SMILES string of the molecule is Cc1cc(F)ccc1C(=O)CCC1CCCC1. The third-order valence-electron chi connectivity index (χ3n) is 3.74. The highest BCUT2D eigenvalue weighted by atomic mass is 19.1. The Bertz CT molecular complexity index is 405. The molecule has 1 fully saturated rings. The molecule has 1 aliphatic carbocycles. The molecule has 1 aromatic carbocycles. The Morgan fingerprint density at radius 1 is 1.35 bits per heavy atom. The maximum Gasteiger partial charge on any atom is 0.163 e. The van der Waals surface area contributed by atoms with Crippen molar-refractivity contribution in [2.24, 2.45) is 5.92 Å². The normalized spacial score (nSPS) is 16.4. The summed E-state index contributed by atoms with van der Waals surface area (Å²) in [6.45, 7) is 1.80. The number of carbonyl (C=O) groups excluding carboxylic acids is 1. The summed E-state index contributed by atoms with van der Waals surface area (Å²) in [7, 11) is 0. The van der Waals surface area contributed by atoms with Gasteiger partial charge in [-0.25, -0.2) is 4.39 Å². The number of hydrogen-bond acceptors (Lipinski definition) is 1. The van der Waals surface area contributed by atoms with E-state index in [1.807, 2.05) is 0 Å². The first-order valence-corrected chi connectivity index (χ1v) is 6.46. The number of hydrogen-bond donors (Lipinski definition) is 0. The van der Waals surface area contributed by atoms with E-state index in [0.717, 1.165) is 17.9 Å². The van der Waals surface area contributed by atoms with Crippen LogP contribution in [0.5, 0.6) is 0 Å². The van der Waals surface area contributed by atoms with Crippen LogP contribution in [0.3, 0.4) is 0 Å². The van der Waals surface area contributed by atoms with Gasteiger partial charge in [-0.1, -0.05) is 25.7 Å². The summed E-state index contributed by atoms with van der Waals surface area (Å²) in [4.78, 5) is 12.0. The minimum absolute atomic E-state index is 0.161. The number of ketones is 1. The van der Waals surface area contributed by atoms with Crippen LogP contribution in [0.2, 0.25) is 0 Å². The molecule has 2 heteroatoms. The van der Waals surface area contributed by atoms with Gasteiger partial charge in [-0.2, -0.15) is 0 Å². The van der Waals surface area contributed by atoms with E-state index < -0.39 is 0 Å². The maximum absolute atomic E-state index is 12.9. The monoisotopic (exact) mass is 234 g/mol. The summed E-state index contributed by atoms with van der Waals surface area (Å²) >= 11 is 0. The van der Waals surface area contributed by atoms with Crippen molar-refractivity contribution >= 4 is 5.78 Å². The molecule has 1 nitrogen and oxygen atoms in total. The first-order chi connectivity index (χ1) is 8.16. The fraction of sp³-hybridized carbons (Fsp3) is 0.533. The van der Waals surface area contributed by atoms with E-state index in [2.05, 4.69) is 0 Å². The minimum Gasteiger partial charge on any atom is -0.294 e. The number of aryl methyl sites for hydroxylation is 1. The zero-order chi connectivity index (χ0) is 12.3. The molecule has 0 spiro atoms. The lowest BCUT2D eigenvalue weighted by Gasteiger charge is -2.09. The molecule has 0 amide bonds. The van der Waals surface area contributed by atoms with E-state index in [1.54, 1.807) is 13.0 Å². The van der Waals surface area contributed by atoms with Crippen LogP contribution in [0.15, 0.2) is 18.2 Å². The Balaban J connectivity index is 1.94. The van der Waals surface area contributed by atoms with Gasteiger partial charge >= 0.3 is 0 Å². The first-order valence-electron chi connectivity index (χ1n) is 6.46. The topological polar surface area (TPSA) is 17.1 Å². The van der Waals surface area contributed by atoms with Gasteiger partial charge in [0.2, 0.25) is 0 Å². The molecule has 0 radical (unpaired) electrons. The second kappa shape index (κ2) is 5.44. The summed E-state index contributed by atoms with van der Waals surface area (Å²) < 4.78 is 12.9. The van der Waals surface area contributed by atoms with Gasteiger partial charge in [0.25, 0.3) is 0 Å². The van der Waals surface area contributed by atoms with Crippen LogP contribution in [0, 0.1) is 18.7 Å². The molecule has 92 valence electrons. The number of benzene rings is 1. The molecule has 0 N–H and O–H groups in total. The minimum atomic E-state index is -0.269. The second-order valence-corrected chi connectivity index (χ2v) is 5.07. The third-order valence-corrected chi connectivity index (χ3v) is 3.74. The molecule has 0 bridgehead atoms. The Morgan fingerprint density at radius 3 is 2.71 bits per heavy atom. The molecule has 0 heterocycles. The predicted octanol–water partition coefficient (Wildman–Crippen LogP) is 4.29. The molecule has 1 saturated carbocycles. The molecular formula is C15H19FO. The van der Waals surface area contributed by atoms with Crippen molar-refractivity contribution in [1.29, 1.82) is 0 Å². The van der Waals surface area contributed by atoms with Crippen molar-refractivity contribution < 1.29 is 9.18 Å². The highest BCUT2D eigenvalue weighted by Crippen LogP contribution is 2.29. The highest BCUT2D eigenvalue weighted by Gasteiger charge is 2.17. The average Bonchev–Trinajstić information content (AvgIpc) is 2.78. The largest absolute Gasteiger partial charge is 0.294 e. The van der Waals surface area contributed by atoms with E-state index in [9.17, 15) is 9.18 Å². The smallest absolute Gasteiger partial charge is 0.163 e. The quantitative estimate of drug-likeness (QED) is 0.710. The van der Waals surface area contributed by atoms with E-state index >= 15 is 0 Å². The zero-order valence-electron chi connectivity index (χ0n) is 10.3. The Morgan fingerprint density at radius 2 is 2.06 bits per heavy atom. The van der Waals surface area contributed by atoms with E-state index in [1.165, 1.54) is 37.8 Å². The van der Waals surface area contributed by atoms with Gasteiger partial charge in [-0.15, -0.1) is 0 Å². The van der Waals surface area contributed by atoms with Gasteiger partial charge in [-0.05, 0) is 43.0 Å². The van der Waals surface area contributed by atoms with Crippen molar-refractivity contribution in [3.8, 4) is 0 Å². The van der Waals surface area contributed by atoms with E-state index in [-0.39, 0.29) is 11.6 Å². The summed E-state index contributed by atoms with van der Waals surface area (Å²) in [6.07, 6.45) is 6.78. The Hall–Kier alpha value is -1.18. The van der Waals surface area contributed by atoms with Crippen LogP contribution in [0.1, 0.15) is 54.4 Å². The maximum atomic E-state index is 12.9. The molecule has 0 aromatic heterocycles. The molecule has 17 heavy (non-hydrogen) atoms. The summed E-state index contributed by atoms with van der Waals surface area (Å²) in [5.41, 5.74) is 1.44. The highest BCUT2D eigenvalue weighted by molar-refractivity contribution is 5.97. The number of carbonyl (C=O) groups is 1. The summed E-state index contributed by atoms with van der Waals surface area (Å²) in [5.74, 6) is 0.629. The second-order valence-electron chi connectivity index (χ2n) is 5.07. The molecule has 1 aliphatic rings. The Labute approximate surface area is 102 Å². The lowest BCUT2D eigenvalue weighted by Crippen LogP contribution is -2.05. The van der Waals surface area contributed by atoms with Gasteiger partial charge in [0, 0.05) is 12.0 Å². The van der Waals surface area contributed by atoms with Gasteiger partial charge in [0.1, 0.15) is 5.82 Å². The number of halogens is 1. The molecule has 0 unspecified atom stereocenters. The van der Waals surface area contributed by atoms with Crippen LogP contribution >= 0.6 is 0 Å². The molecule has 1 aromatic rings. The summed E-state index contributed by atoms with van der Waals surface area (Å²) in [6, 6.07) is 4.42. The average molecular weight is 234 g/mol. The standard InChI is InChI=1S/C15H19FO/c1-11-10-13(16)7-8-14(11)15(17)9-6-12-4-2-3-5-12/h7-8,10,12H,2-6,9H2,1H3. The molecule has 2 rings (SSSR count). The van der Waals surface area contributed by atoms with Gasteiger partial charge in [-0.3, -0.25) is 4.79 Å². The summed E-state index contributed by atoms with van der Waals surface area (Å²) in [5, 5.41) is 0. The fourth-order valence-electron chi connectivity index (χ4n) is 2.71. The van der Waals surface area contributed by atoms with Gasteiger partial charge in [0.15, 0.2) is 5.78 Å². The van der Waals surface area contributed by atoms with Crippen LogP contribution in [-0.2, 0) is 0 Å². The predicted molar refractivity (Wildman–Crippen MR) is 66.7 cm³/mol. The molecular weight excluding hydrogens is 215 g/mol. The Kier molecular flexibility index (Phi) is 3.93. The molecule has 0 atom stereocenters. The van der Waals surface area contributed by atoms with Crippen LogP contribution < -0.4 is 0 Å². The lowest BCUT2D eigenvalue weighted by molar-refractivity contribution is 0.0973. The van der Waals surface area contributed by atoms with E-state index in [4.69, 9.17) is 0 Å². The lowest BCUT2D eigenvalue weighted by atomic mass is 9.95. The van der Waals surface area contributed by atoms with Crippen LogP contribution in [0.4, 0.5) is 4.39 Å². The molecule has 0 aliphatic heterocycles. The number of rotatable bonds is 4. The fourth-order valence-corrected chi connectivity index (χ4v) is 2.71. The van der Waals surface area contributed by atoms with Gasteiger partial charge < -0.3 is 0 Å². The van der Waals surface area contributed by atoms with Crippen molar-refractivity contribution in [2.75, 3.05) is 0 Å².